The molecule has 0 bridgehead atoms. The average Bonchev–Trinajstić information content (AvgIpc) is 3.74. The van der Waals surface area contributed by atoms with E-state index in [0.29, 0.717) is 37.7 Å². The highest BCUT2D eigenvalue weighted by molar-refractivity contribution is 7.92. The van der Waals surface area contributed by atoms with E-state index in [2.05, 4.69) is 15.7 Å². The van der Waals surface area contributed by atoms with Gasteiger partial charge >= 0.3 is 15.9 Å². The maximum absolute atomic E-state index is 16.2. The van der Waals surface area contributed by atoms with Crippen molar-refractivity contribution in [3.05, 3.63) is 107 Å². The summed E-state index contributed by atoms with van der Waals surface area (Å²) in [5.74, 6) is -3.19. The minimum atomic E-state index is -4.37. The third-order valence-corrected chi connectivity index (χ3v) is 11.2. The normalized spacial score (nSPS) is 16.7. The van der Waals surface area contributed by atoms with Gasteiger partial charge in [-0.25, -0.2) is 18.2 Å². The molecule has 2 aromatic heterocycles. The van der Waals surface area contributed by atoms with Crippen LogP contribution in [-0.4, -0.2) is 57.5 Å². The van der Waals surface area contributed by atoms with Crippen LogP contribution in [-0.2, 0) is 49.6 Å². The van der Waals surface area contributed by atoms with Gasteiger partial charge in [0.15, 0.2) is 5.82 Å². The molecule has 6 aromatic rings. The van der Waals surface area contributed by atoms with E-state index < -0.39 is 57.7 Å². The molecule has 0 aliphatic carbocycles. The fraction of sp³-hybridized carbons (Fsp3) is 0.211. The maximum atomic E-state index is 16.2. The second-order valence-electron chi connectivity index (χ2n) is 13.5. The molecule has 2 aliphatic rings. The lowest BCUT2D eigenvalue weighted by molar-refractivity contribution is -0.135. The van der Waals surface area contributed by atoms with E-state index in [1.807, 2.05) is 10.8 Å². The van der Waals surface area contributed by atoms with E-state index in [0.717, 1.165) is 11.1 Å². The summed E-state index contributed by atoms with van der Waals surface area (Å²) in [5.41, 5.74) is 3.41. The van der Waals surface area contributed by atoms with Gasteiger partial charge in [0.1, 0.15) is 37.2 Å². The molecule has 4 amide bonds. The van der Waals surface area contributed by atoms with Crippen LogP contribution in [0.5, 0.6) is 5.75 Å². The van der Waals surface area contributed by atoms with Crippen LogP contribution in [0.1, 0.15) is 30.1 Å². The minimum Gasteiger partial charge on any atom is -0.487 e. The largest absolute Gasteiger partial charge is 0.487 e. The van der Waals surface area contributed by atoms with Crippen molar-refractivity contribution in [2.45, 2.75) is 39.0 Å². The molecule has 0 saturated carbocycles. The number of carbonyl (C=O) groups excluding carboxylic acids is 4. The topological polar surface area (TPSA) is 196 Å². The molecule has 2 aliphatic heterocycles. The summed E-state index contributed by atoms with van der Waals surface area (Å²) in [5, 5.41) is 9.95. The number of nitrogens with zero attached hydrogens (tertiary/aromatic N) is 5. The number of imide groups is 1. The Labute approximate surface area is 317 Å². The van der Waals surface area contributed by atoms with Crippen LogP contribution in [0.25, 0.3) is 32.9 Å². The van der Waals surface area contributed by atoms with Crippen molar-refractivity contribution in [1.82, 2.24) is 29.0 Å². The highest BCUT2D eigenvalue weighted by Crippen LogP contribution is 2.40. The summed E-state index contributed by atoms with van der Waals surface area (Å²) >= 11 is 0. The van der Waals surface area contributed by atoms with E-state index in [1.165, 1.54) is 38.1 Å². The van der Waals surface area contributed by atoms with Gasteiger partial charge < -0.3 is 10.1 Å². The van der Waals surface area contributed by atoms with Crippen LogP contribution >= 0.6 is 0 Å². The first-order valence-electron chi connectivity index (χ1n) is 17.4. The number of ether oxygens (including phenoxy) is 1. The van der Waals surface area contributed by atoms with Crippen LogP contribution in [0.4, 0.5) is 15.8 Å². The number of rotatable bonds is 9. The monoisotopic (exact) mass is 780 g/mol. The van der Waals surface area contributed by atoms with Crippen LogP contribution in [0.15, 0.2) is 83.8 Å². The van der Waals surface area contributed by atoms with Crippen molar-refractivity contribution in [1.29, 1.82) is 0 Å². The summed E-state index contributed by atoms with van der Waals surface area (Å²) < 4.78 is 54.5. The van der Waals surface area contributed by atoms with Gasteiger partial charge in [-0.2, -0.15) is 13.5 Å². The molecular formula is C38H33FN8O8S. The Hall–Kier alpha value is -6.82. The lowest BCUT2D eigenvalue weighted by Gasteiger charge is -2.21. The number of halogens is 1. The zero-order valence-corrected chi connectivity index (χ0v) is 30.7. The standard InChI is InChI=1S/C38H33FN8O8S/c1-21-27(23-8-11-28-30(15-23)44(2)38(52)47(28)29-12-13-32(48)41-37(29)51)17-45(42-21)18-33(49)40-25-9-10-26-24(14-25)16-31(55-20-22-6-4-3-5-7-22)36(35(26)39)46-19-34(50)43-56(46,53)54/h3-11,14-17,29H,12-13,18-20H2,1-2H3,(H,40,49)(H,43,50)(H,41,48,51). The summed E-state index contributed by atoms with van der Waals surface area (Å²) in [6, 6.07) is 19.4. The Morgan fingerprint density at radius 2 is 1.79 bits per heavy atom. The van der Waals surface area contributed by atoms with Crippen LogP contribution in [0, 0.1) is 12.7 Å². The molecule has 4 aromatic carbocycles. The second kappa shape index (κ2) is 13.8. The Morgan fingerprint density at radius 1 is 1.00 bits per heavy atom. The molecule has 0 spiro atoms. The van der Waals surface area contributed by atoms with Gasteiger partial charge in [0.05, 0.1) is 16.7 Å². The van der Waals surface area contributed by atoms with Crippen molar-refractivity contribution in [2.24, 2.45) is 7.05 Å². The molecule has 8 rings (SSSR count). The van der Waals surface area contributed by atoms with Gasteiger partial charge in [0.2, 0.25) is 17.7 Å². The molecule has 0 radical (unpaired) electrons. The number of amides is 4. The molecule has 1 unspecified atom stereocenters. The van der Waals surface area contributed by atoms with E-state index in [-0.39, 0.29) is 43.0 Å². The van der Waals surface area contributed by atoms with Gasteiger partial charge in [0.25, 0.3) is 5.91 Å². The lowest BCUT2D eigenvalue weighted by Crippen LogP contribution is -2.44. The predicted molar refractivity (Wildman–Crippen MR) is 202 cm³/mol. The number of carbonyl (C=O) groups is 4. The first-order chi connectivity index (χ1) is 26.8. The minimum absolute atomic E-state index is 0.0170. The molecule has 1 atom stereocenters. The quantitative estimate of drug-likeness (QED) is 0.185. The molecular weight excluding hydrogens is 748 g/mol. The Bertz CT molecular complexity index is 2810. The molecule has 2 fully saturated rings. The molecule has 286 valence electrons. The summed E-state index contributed by atoms with van der Waals surface area (Å²) in [6.07, 6.45) is 2.04. The number of imidazole rings is 1. The van der Waals surface area contributed by atoms with E-state index in [1.54, 1.807) is 62.6 Å². The summed E-state index contributed by atoms with van der Waals surface area (Å²) in [4.78, 5) is 62.8. The Balaban J connectivity index is 1.04. The molecule has 56 heavy (non-hydrogen) atoms. The van der Waals surface area contributed by atoms with Gasteiger partial charge in [-0.1, -0.05) is 36.4 Å². The number of piperidine rings is 1. The third kappa shape index (κ3) is 6.52. The second-order valence-corrected chi connectivity index (χ2v) is 15.1. The number of hydrogen-bond donors (Lipinski definition) is 3. The van der Waals surface area contributed by atoms with E-state index in [4.69, 9.17) is 4.74 Å². The Morgan fingerprint density at radius 3 is 2.52 bits per heavy atom. The molecule has 3 N–H and O–H groups in total. The number of benzene rings is 4. The van der Waals surface area contributed by atoms with Gasteiger partial charge in [0, 0.05) is 36.3 Å². The summed E-state index contributed by atoms with van der Waals surface area (Å²) in [6.45, 7) is 0.959. The zero-order chi connectivity index (χ0) is 39.5. The highest BCUT2D eigenvalue weighted by Gasteiger charge is 2.38. The van der Waals surface area contributed by atoms with Gasteiger partial charge in [-0.05, 0) is 66.3 Å². The lowest BCUT2D eigenvalue weighted by atomic mass is 10.0. The number of hydrogen-bond acceptors (Lipinski definition) is 9. The average molecular weight is 781 g/mol. The third-order valence-electron chi connectivity index (χ3n) is 9.78. The SMILES string of the molecule is Cc1nn(CC(=O)Nc2ccc3c(F)c(N4CC(=O)NS4(=O)=O)c(OCc4ccccc4)cc3c2)cc1-c1ccc2c(c1)n(C)c(=O)n2C1CCC(=O)NC1=O. The zero-order valence-electron chi connectivity index (χ0n) is 29.9. The number of aromatic nitrogens is 4. The van der Waals surface area contributed by atoms with Crippen molar-refractivity contribution >= 4 is 67.0 Å². The van der Waals surface area contributed by atoms with Crippen LogP contribution in [0.2, 0.25) is 0 Å². The summed E-state index contributed by atoms with van der Waals surface area (Å²) in [7, 11) is -2.76. The molecule has 2 saturated heterocycles. The molecule has 16 nitrogen and oxygen atoms in total. The van der Waals surface area contributed by atoms with E-state index in [9.17, 15) is 32.4 Å². The first kappa shape index (κ1) is 36.2. The molecule has 18 heteroatoms. The first-order valence-corrected chi connectivity index (χ1v) is 18.9. The Kier molecular flexibility index (Phi) is 8.91. The van der Waals surface area contributed by atoms with Gasteiger partial charge in [-0.15, -0.1) is 0 Å². The smallest absolute Gasteiger partial charge is 0.329 e. The van der Waals surface area contributed by atoms with Gasteiger partial charge in [-0.3, -0.25) is 38.3 Å². The van der Waals surface area contributed by atoms with Crippen molar-refractivity contribution < 1.29 is 36.7 Å². The fourth-order valence-corrected chi connectivity index (χ4v) is 8.28. The number of aryl methyl sites for hydroxylation is 2. The number of fused-ring (bicyclic) bond motifs is 2. The molecule has 4 heterocycles. The van der Waals surface area contributed by atoms with Crippen LogP contribution in [0.3, 0.4) is 0 Å². The number of nitrogens with one attached hydrogen (secondary N) is 3. The fourth-order valence-electron chi connectivity index (χ4n) is 7.12. The van der Waals surface area contributed by atoms with Crippen molar-refractivity contribution in [3.8, 4) is 16.9 Å². The van der Waals surface area contributed by atoms with E-state index >= 15 is 4.39 Å². The van der Waals surface area contributed by atoms with Crippen molar-refractivity contribution in [3.63, 3.8) is 0 Å². The highest BCUT2D eigenvalue weighted by atomic mass is 32.2. The predicted octanol–water partition coefficient (Wildman–Crippen LogP) is 3.18. The number of anilines is 2. The maximum Gasteiger partial charge on any atom is 0.329 e. The van der Waals surface area contributed by atoms with Crippen LogP contribution < -0.4 is 30.1 Å². The van der Waals surface area contributed by atoms with Crippen molar-refractivity contribution in [2.75, 3.05) is 16.2 Å².